The van der Waals surface area contributed by atoms with E-state index in [0.29, 0.717) is 18.2 Å². The second-order valence-corrected chi connectivity index (χ2v) is 7.54. The van der Waals surface area contributed by atoms with Crippen molar-refractivity contribution < 1.29 is 4.79 Å². The summed E-state index contributed by atoms with van der Waals surface area (Å²) in [6.45, 7) is 3.56. The normalized spacial score (nSPS) is 23.3. The Hall–Kier alpha value is -2.17. The Bertz CT molecular complexity index is 754. The van der Waals surface area contributed by atoms with Gasteiger partial charge in [0.15, 0.2) is 5.82 Å². The number of hydrogen-bond donors (Lipinski definition) is 1. The zero-order valence-corrected chi connectivity index (χ0v) is 14.9. The van der Waals surface area contributed by atoms with Crippen LogP contribution in [0.25, 0.3) is 0 Å². The molecule has 0 radical (unpaired) electrons. The number of hydrogen-bond acceptors (Lipinski definition) is 3. The Morgan fingerprint density at radius 2 is 2.12 bits per heavy atom. The largest absolute Gasteiger partial charge is 0.342 e. The molecule has 1 fully saturated rings. The van der Waals surface area contributed by atoms with Gasteiger partial charge in [-0.1, -0.05) is 24.3 Å². The van der Waals surface area contributed by atoms with E-state index < -0.39 is 0 Å². The van der Waals surface area contributed by atoms with Gasteiger partial charge in [-0.15, -0.1) is 0 Å². The predicted molar refractivity (Wildman–Crippen MR) is 96.2 cm³/mol. The van der Waals surface area contributed by atoms with Gasteiger partial charge >= 0.3 is 0 Å². The van der Waals surface area contributed by atoms with Crippen molar-refractivity contribution >= 4 is 5.91 Å². The highest BCUT2D eigenvalue weighted by atomic mass is 16.2. The number of fused-ring (bicyclic) bond motifs is 1. The third kappa shape index (κ3) is 3.60. The van der Waals surface area contributed by atoms with Crippen LogP contribution in [-0.2, 0) is 17.6 Å². The Morgan fingerprint density at radius 1 is 1.28 bits per heavy atom. The Balaban J connectivity index is 1.36. The maximum Gasteiger partial charge on any atom is 0.222 e. The average Bonchev–Trinajstić information content (AvgIpc) is 3.08. The number of nitrogens with one attached hydrogen (secondary N) is 1. The number of piperidine rings is 1. The molecule has 0 bridgehead atoms. The fraction of sp³-hybridized carbons (Fsp3) is 0.550. The van der Waals surface area contributed by atoms with Crippen LogP contribution >= 0.6 is 0 Å². The lowest BCUT2D eigenvalue weighted by Crippen LogP contribution is -2.40. The van der Waals surface area contributed by atoms with Crippen molar-refractivity contribution in [1.29, 1.82) is 0 Å². The van der Waals surface area contributed by atoms with Crippen LogP contribution in [0.2, 0.25) is 0 Å². The molecule has 1 aromatic carbocycles. The van der Waals surface area contributed by atoms with E-state index >= 15 is 0 Å². The first-order valence-corrected chi connectivity index (χ1v) is 9.42. The number of aryl methyl sites for hydroxylation is 2. The van der Waals surface area contributed by atoms with Crippen LogP contribution in [0.3, 0.4) is 0 Å². The van der Waals surface area contributed by atoms with Crippen molar-refractivity contribution in [3.63, 3.8) is 0 Å². The van der Waals surface area contributed by atoms with Crippen molar-refractivity contribution in [2.45, 2.75) is 51.4 Å². The minimum Gasteiger partial charge on any atom is -0.342 e. The van der Waals surface area contributed by atoms with Gasteiger partial charge in [0.25, 0.3) is 0 Å². The minimum atomic E-state index is 0.273. The highest BCUT2D eigenvalue weighted by Crippen LogP contribution is 2.30. The van der Waals surface area contributed by atoms with Crippen LogP contribution in [0.4, 0.5) is 0 Å². The molecule has 1 aliphatic heterocycles. The van der Waals surface area contributed by atoms with E-state index in [4.69, 9.17) is 0 Å². The van der Waals surface area contributed by atoms with E-state index in [2.05, 4.69) is 39.4 Å². The van der Waals surface area contributed by atoms with Gasteiger partial charge in [-0.2, -0.15) is 5.10 Å². The van der Waals surface area contributed by atoms with Crippen LogP contribution in [0.5, 0.6) is 0 Å². The lowest BCUT2D eigenvalue weighted by atomic mass is 9.82. The fourth-order valence-electron chi connectivity index (χ4n) is 4.28. The molecule has 2 heterocycles. The van der Waals surface area contributed by atoms with Crippen LogP contribution in [0, 0.1) is 12.8 Å². The molecule has 2 aromatic rings. The molecule has 5 heteroatoms. The number of rotatable bonds is 3. The molecular weight excluding hydrogens is 312 g/mol. The molecule has 2 unspecified atom stereocenters. The Morgan fingerprint density at radius 3 is 2.92 bits per heavy atom. The molecule has 0 spiro atoms. The van der Waals surface area contributed by atoms with E-state index in [9.17, 15) is 4.79 Å². The highest BCUT2D eigenvalue weighted by Gasteiger charge is 2.29. The topological polar surface area (TPSA) is 61.9 Å². The van der Waals surface area contributed by atoms with Crippen molar-refractivity contribution in [2.24, 2.45) is 5.92 Å². The lowest BCUT2D eigenvalue weighted by Gasteiger charge is -2.33. The summed E-state index contributed by atoms with van der Waals surface area (Å²) in [6.07, 6.45) is 6.05. The maximum atomic E-state index is 12.8. The van der Waals surface area contributed by atoms with Gasteiger partial charge < -0.3 is 4.90 Å². The van der Waals surface area contributed by atoms with Gasteiger partial charge in [0.2, 0.25) is 5.91 Å². The Labute approximate surface area is 148 Å². The van der Waals surface area contributed by atoms with Gasteiger partial charge in [0, 0.05) is 25.4 Å². The van der Waals surface area contributed by atoms with Crippen molar-refractivity contribution in [3.8, 4) is 0 Å². The van der Waals surface area contributed by atoms with E-state index in [1.807, 2.05) is 11.8 Å². The molecule has 2 atom stereocenters. The van der Waals surface area contributed by atoms with E-state index in [0.717, 1.165) is 56.8 Å². The van der Waals surface area contributed by atoms with Crippen LogP contribution in [0.1, 0.15) is 54.4 Å². The third-order valence-corrected chi connectivity index (χ3v) is 5.67. The average molecular weight is 338 g/mol. The van der Waals surface area contributed by atoms with Crippen molar-refractivity contribution in [3.05, 3.63) is 47.0 Å². The SMILES string of the molecule is Cc1nc(C2CCCN(C(=O)CC3CCc4ccccc4C3)C2)n[nH]1. The predicted octanol–water partition coefficient (Wildman–Crippen LogP) is 3.01. The summed E-state index contributed by atoms with van der Waals surface area (Å²) in [7, 11) is 0. The summed E-state index contributed by atoms with van der Waals surface area (Å²) >= 11 is 0. The molecule has 4 rings (SSSR count). The molecule has 25 heavy (non-hydrogen) atoms. The highest BCUT2D eigenvalue weighted by molar-refractivity contribution is 5.76. The number of likely N-dealkylation sites (tertiary alicyclic amines) is 1. The van der Waals surface area contributed by atoms with Crippen molar-refractivity contribution in [1.82, 2.24) is 20.1 Å². The van der Waals surface area contributed by atoms with Crippen molar-refractivity contribution in [2.75, 3.05) is 13.1 Å². The number of aromatic amines is 1. The van der Waals surface area contributed by atoms with E-state index in [1.54, 1.807) is 0 Å². The standard InChI is InChI=1S/C20H26N4O/c1-14-21-20(23-22-14)18-7-4-10-24(13-18)19(25)12-15-8-9-16-5-2-3-6-17(16)11-15/h2-3,5-6,15,18H,4,7-13H2,1H3,(H,21,22,23). The van der Waals surface area contributed by atoms with Gasteiger partial charge in [-0.3, -0.25) is 9.89 Å². The smallest absolute Gasteiger partial charge is 0.222 e. The molecule has 132 valence electrons. The molecular formula is C20H26N4O. The molecule has 1 amide bonds. The molecule has 1 aliphatic carbocycles. The number of carbonyl (C=O) groups is 1. The number of aromatic nitrogens is 3. The van der Waals surface area contributed by atoms with Crippen LogP contribution in [0.15, 0.2) is 24.3 Å². The molecule has 2 aliphatic rings. The first-order chi connectivity index (χ1) is 12.2. The summed E-state index contributed by atoms with van der Waals surface area (Å²) in [5.41, 5.74) is 2.89. The monoisotopic (exact) mass is 338 g/mol. The maximum absolute atomic E-state index is 12.8. The lowest BCUT2D eigenvalue weighted by molar-refractivity contribution is -0.133. The van der Waals surface area contributed by atoms with Gasteiger partial charge in [0.05, 0.1) is 0 Å². The van der Waals surface area contributed by atoms with E-state index in [-0.39, 0.29) is 5.92 Å². The van der Waals surface area contributed by atoms with Gasteiger partial charge in [-0.05, 0) is 56.1 Å². The molecule has 1 N–H and O–H groups in total. The summed E-state index contributed by atoms with van der Waals surface area (Å²) in [5, 5.41) is 7.22. The summed E-state index contributed by atoms with van der Waals surface area (Å²) in [6, 6.07) is 8.66. The third-order valence-electron chi connectivity index (χ3n) is 5.67. The number of nitrogens with zero attached hydrogens (tertiary/aromatic N) is 3. The number of amides is 1. The molecule has 5 nitrogen and oxygen atoms in total. The summed E-state index contributed by atoms with van der Waals surface area (Å²) in [4.78, 5) is 19.3. The molecule has 1 aromatic heterocycles. The first-order valence-electron chi connectivity index (χ1n) is 9.42. The Kier molecular flexibility index (Phi) is 4.55. The summed E-state index contributed by atoms with van der Waals surface area (Å²) < 4.78 is 0. The van der Waals surface area contributed by atoms with Crippen LogP contribution in [-0.4, -0.2) is 39.1 Å². The second-order valence-electron chi connectivity index (χ2n) is 7.54. The molecule has 1 saturated heterocycles. The number of benzene rings is 1. The minimum absolute atomic E-state index is 0.273. The number of H-pyrrole nitrogens is 1. The first kappa shape index (κ1) is 16.3. The zero-order valence-electron chi connectivity index (χ0n) is 14.9. The zero-order chi connectivity index (χ0) is 17.2. The number of carbonyl (C=O) groups excluding carboxylic acids is 1. The molecule has 0 saturated carbocycles. The van der Waals surface area contributed by atoms with Gasteiger partial charge in [-0.25, -0.2) is 4.98 Å². The quantitative estimate of drug-likeness (QED) is 0.936. The fourth-order valence-corrected chi connectivity index (χ4v) is 4.28. The van der Waals surface area contributed by atoms with E-state index in [1.165, 1.54) is 11.1 Å². The second kappa shape index (κ2) is 6.98. The van der Waals surface area contributed by atoms with Crippen LogP contribution < -0.4 is 0 Å². The summed E-state index contributed by atoms with van der Waals surface area (Å²) in [5.74, 6) is 2.77. The van der Waals surface area contributed by atoms with Gasteiger partial charge in [0.1, 0.15) is 5.82 Å².